The number of nitrogens with zero attached hydrogens (tertiary/aromatic N) is 1. The van der Waals surface area contributed by atoms with Crippen molar-refractivity contribution in [2.45, 2.75) is 0 Å². The van der Waals surface area contributed by atoms with Gasteiger partial charge in [-0.1, -0.05) is 30.3 Å². The molecule has 0 atom stereocenters. The lowest BCUT2D eigenvalue weighted by Crippen LogP contribution is -1.81. The van der Waals surface area contributed by atoms with Crippen LogP contribution in [0.1, 0.15) is 5.56 Å². The van der Waals surface area contributed by atoms with E-state index < -0.39 is 0 Å². The highest BCUT2D eigenvalue weighted by molar-refractivity contribution is 5.67. The number of halogens is 1. The summed E-state index contributed by atoms with van der Waals surface area (Å²) in [6.45, 7) is 3.40. The van der Waals surface area contributed by atoms with Gasteiger partial charge in [-0.15, -0.1) is 0 Å². The average Bonchev–Trinajstić information content (AvgIpc) is 2.39. The first-order chi connectivity index (χ1) is 7.81. The summed E-state index contributed by atoms with van der Waals surface area (Å²) in [5.41, 5.74) is 2.59. The summed E-state index contributed by atoms with van der Waals surface area (Å²) in [5, 5.41) is 0. The van der Waals surface area contributed by atoms with Gasteiger partial charge in [-0.3, -0.25) is 4.98 Å². The molecule has 16 heavy (non-hydrogen) atoms. The highest BCUT2D eigenvalue weighted by Gasteiger charge is 2.00. The summed E-state index contributed by atoms with van der Waals surface area (Å²) in [6, 6.07) is 11.1. The van der Waals surface area contributed by atoms with Crippen LogP contribution < -0.4 is 0 Å². The van der Waals surface area contributed by atoms with Crippen molar-refractivity contribution in [2.24, 2.45) is 0 Å². The van der Waals surface area contributed by atoms with Crippen molar-refractivity contribution in [2.75, 3.05) is 0 Å². The Morgan fingerprint density at radius 1 is 1.12 bits per heavy atom. The first-order valence-corrected chi connectivity index (χ1v) is 4.97. The van der Waals surface area contributed by atoms with Crippen LogP contribution in [0.3, 0.4) is 0 Å². The van der Waals surface area contributed by atoms with Gasteiger partial charge in [0.2, 0.25) is 0 Å². The second-order valence-corrected chi connectivity index (χ2v) is 3.37. The zero-order valence-corrected chi connectivity index (χ0v) is 8.73. The van der Waals surface area contributed by atoms with E-state index in [0.717, 1.165) is 11.1 Å². The van der Waals surface area contributed by atoms with Crippen molar-refractivity contribution >= 4 is 5.83 Å². The molecule has 0 saturated heterocycles. The first-order valence-electron chi connectivity index (χ1n) is 4.97. The maximum atomic E-state index is 13.2. The highest BCUT2D eigenvalue weighted by atomic mass is 19.1. The second-order valence-electron chi connectivity index (χ2n) is 3.37. The highest BCUT2D eigenvalue weighted by Crippen LogP contribution is 2.22. The molecule has 0 bridgehead atoms. The third-order valence-electron chi connectivity index (χ3n) is 2.33. The lowest BCUT2D eigenvalue weighted by atomic mass is 10.1. The monoisotopic (exact) mass is 212 g/mol. The molecule has 1 heterocycles. The molecule has 2 heteroatoms. The van der Waals surface area contributed by atoms with Crippen molar-refractivity contribution in [1.29, 1.82) is 0 Å². The average molecular weight is 212 g/mol. The third kappa shape index (κ3) is 2.16. The fourth-order valence-electron chi connectivity index (χ4n) is 1.47. The van der Waals surface area contributed by atoms with Gasteiger partial charge >= 0.3 is 0 Å². The van der Waals surface area contributed by atoms with E-state index in [1.165, 1.54) is 6.08 Å². The molecular formula is C14H11FN. The number of benzene rings is 1. The van der Waals surface area contributed by atoms with Crippen LogP contribution in [0.4, 0.5) is 4.39 Å². The molecule has 1 nitrogen and oxygen atoms in total. The number of allylic oxidation sites excluding steroid dienone is 1. The van der Waals surface area contributed by atoms with Gasteiger partial charge in [-0.05, 0) is 30.2 Å². The molecule has 0 amide bonds. The van der Waals surface area contributed by atoms with Gasteiger partial charge in [-0.2, -0.15) is 0 Å². The number of hydrogen-bond donors (Lipinski definition) is 0. The Kier molecular flexibility index (Phi) is 3.10. The molecular weight excluding hydrogens is 201 g/mol. The maximum absolute atomic E-state index is 13.2. The standard InChI is InChI=1S/C14H11FN/c1-2-14(15)12-7-5-11(6-8-12)13-4-3-9-16-10-13/h2-10H,1H2/b14-2-. The predicted octanol–water partition coefficient (Wildman–Crippen LogP) is 3.89. The Morgan fingerprint density at radius 2 is 1.88 bits per heavy atom. The Bertz CT molecular complexity index is 486. The minimum atomic E-state index is -0.308. The van der Waals surface area contributed by atoms with E-state index in [1.807, 2.05) is 24.3 Å². The third-order valence-corrected chi connectivity index (χ3v) is 2.33. The fourth-order valence-corrected chi connectivity index (χ4v) is 1.47. The van der Waals surface area contributed by atoms with Gasteiger partial charge in [0.15, 0.2) is 0 Å². The van der Waals surface area contributed by atoms with Gasteiger partial charge in [0, 0.05) is 18.0 Å². The van der Waals surface area contributed by atoms with Crippen LogP contribution in [0.25, 0.3) is 17.0 Å². The maximum Gasteiger partial charge on any atom is 0.126 e. The molecule has 1 radical (unpaired) electrons. The van der Waals surface area contributed by atoms with E-state index in [9.17, 15) is 4.39 Å². The molecule has 2 rings (SSSR count). The van der Waals surface area contributed by atoms with E-state index in [1.54, 1.807) is 24.5 Å². The fraction of sp³-hybridized carbons (Fsp3) is 0. The predicted molar refractivity (Wildman–Crippen MR) is 64.1 cm³/mol. The lowest BCUT2D eigenvalue weighted by Gasteiger charge is -2.02. The number of hydrogen-bond acceptors (Lipinski definition) is 1. The molecule has 1 aromatic heterocycles. The van der Waals surface area contributed by atoms with Crippen molar-refractivity contribution in [3.63, 3.8) is 0 Å². The van der Waals surface area contributed by atoms with Gasteiger partial charge in [0.25, 0.3) is 0 Å². The normalized spacial score (nSPS) is 11.5. The topological polar surface area (TPSA) is 12.9 Å². The van der Waals surface area contributed by atoms with Crippen LogP contribution in [0.5, 0.6) is 0 Å². The summed E-state index contributed by atoms with van der Waals surface area (Å²) in [4.78, 5) is 4.04. The van der Waals surface area contributed by atoms with Gasteiger partial charge in [-0.25, -0.2) is 4.39 Å². The second kappa shape index (κ2) is 4.71. The molecule has 0 aliphatic heterocycles. The van der Waals surface area contributed by atoms with Crippen LogP contribution >= 0.6 is 0 Å². The van der Waals surface area contributed by atoms with Crippen LogP contribution in [0.2, 0.25) is 0 Å². The van der Waals surface area contributed by atoms with Gasteiger partial charge in [0.05, 0.1) is 0 Å². The molecule has 0 fully saturated rings. The van der Waals surface area contributed by atoms with E-state index in [4.69, 9.17) is 0 Å². The zero-order valence-electron chi connectivity index (χ0n) is 8.73. The molecule has 79 valence electrons. The SMILES string of the molecule is [CH2]/C=C(\F)c1ccc(-c2cccnc2)cc1. The number of rotatable bonds is 2. The Balaban J connectivity index is 2.34. The molecule has 0 aliphatic carbocycles. The van der Waals surface area contributed by atoms with Crippen molar-refractivity contribution in [3.8, 4) is 11.1 Å². The first kappa shape index (κ1) is 10.6. The van der Waals surface area contributed by atoms with E-state index in [2.05, 4.69) is 11.9 Å². The number of aromatic nitrogens is 1. The molecule has 0 N–H and O–H groups in total. The molecule has 0 saturated carbocycles. The zero-order chi connectivity index (χ0) is 11.4. The van der Waals surface area contributed by atoms with Gasteiger partial charge in [0.1, 0.15) is 5.83 Å². The molecule has 0 aliphatic rings. The van der Waals surface area contributed by atoms with Crippen molar-refractivity contribution in [1.82, 2.24) is 4.98 Å². The van der Waals surface area contributed by atoms with E-state index in [-0.39, 0.29) is 5.83 Å². The molecule has 1 aromatic carbocycles. The van der Waals surface area contributed by atoms with Crippen LogP contribution in [0.15, 0.2) is 54.9 Å². The molecule has 0 unspecified atom stereocenters. The smallest absolute Gasteiger partial charge is 0.126 e. The lowest BCUT2D eigenvalue weighted by molar-refractivity contribution is 0.760. The molecule has 2 aromatic rings. The minimum absolute atomic E-state index is 0.308. The van der Waals surface area contributed by atoms with Crippen LogP contribution in [-0.4, -0.2) is 4.98 Å². The quantitative estimate of drug-likeness (QED) is 0.735. The Hall–Kier alpha value is -1.96. The van der Waals surface area contributed by atoms with E-state index >= 15 is 0 Å². The van der Waals surface area contributed by atoms with Crippen LogP contribution in [-0.2, 0) is 0 Å². The summed E-state index contributed by atoms with van der Waals surface area (Å²) in [7, 11) is 0. The Labute approximate surface area is 94.3 Å². The summed E-state index contributed by atoms with van der Waals surface area (Å²) >= 11 is 0. The van der Waals surface area contributed by atoms with Gasteiger partial charge < -0.3 is 0 Å². The summed E-state index contributed by atoms with van der Waals surface area (Å²) in [6.07, 6.45) is 4.71. The van der Waals surface area contributed by atoms with Crippen molar-refractivity contribution < 1.29 is 4.39 Å². The summed E-state index contributed by atoms with van der Waals surface area (Å²) in [5.74, 6) is -0.308. The Morgan fingerprint density at radius 3 is 2.44 bits per heavy atom. The molecule has 0 spiro atoms. The number of pyridine rings is 1. The van der Waals surface area contributed by atoms with Crippen molar-refractivity contribution in [3.05, 3.63) is 67.4 Å². The minimum Gasteiger partial charge on any atom is -0.264 e. The van der Waals surface area contributed by atoms with Crippen LogP contribution in [0, 0.1) is 6.92 Å². The summed E-state index contributed by atoms with van der Waals surface area (Å²) < 4.78 is 13.2. The largest absolute Gasteiger partial charge is 0.264 e. The van der Waals surface area contributed by atoms with E-state index in [0.29, 0.717) is 5.56 Å².